The molecule has 2 aromatic carbocycles. The third-order valence-corrected chi connectivity index (χ3v) is 12.3. The number of aliphatic imine (C=N–C) groups is 1. The normalized spacial score (nSPS) is 13.0. The van der Waals surface area contributed by atoms with Crippen molar-refractivity contribution in [3.8, 4) is 5.75 Å². The minimum atomic E-state index is -1.28. The van der Waals surface area contributed by atoms with Gasteiger partial charge in [0.1, 0.15) is 5.30 Å². The van der Waals surface area contributed by atoms with Gasteiger partial charge in [0.15, 0.2) is 0 Å². The minimum absolute atomic E-state index is 0.165. The summed E-state index contributed by atoms with van der Waals surface area (Å²) < 4.78 is 0. The molecule has 0 aliphatic rings. The van der Waals surface area contributed by atoms with Crippen LogP contribution in [0.1, 0.15) is 118 Å². The molecule has 0 saturated heterocycles. The Morgan fingerprint density at radius 1 is 0.750 bits per heavy atom. The molecule has 0 fully saturated rings. The maximum atomic E-state index is 13.3. The smallest absolute Gasteiger partial charge is 0.103 e. The van der Waals surface area contributed by atoms with E-state index in [1.165, 1.54) is 62.6 Å². The molecule has 0 unspecified atom stereocenters. The minimum Gasteiger partial charge on any atom is -0.872 e. The molecule has 2 aromatic rings. The predicted molar refractivity (Wildman–Crippen MR) is 163 cm³/mol. The molecule has 0 bridgehead atoms. The molecule has 0 aromatic heterocycles. The molecular formula is C33H52NOP. The Morgan fingerprint density at radius 3 is 1.61 bits per heavy atom. The topological polar surface area (TPSA) is 35.4 Å². The van der Waals surface area contributed by atoms with E-state index in [1.807, 2.05) is 12.1 Å². The zero-order valence-electron chi connectivity index (χ0n) is 24.7. The summed E-state index contributed by atoms with van der Waals surface area (Å²) in [6.45, 7) is 19.7. The van der Waals surface area contributed by atoms with Crippen LogP contribution in [0, 0.1) is 0 Å². The molecular weight excluding hydrogens is 457 g/mol. The van der Waals surface area contributed by atoms with Gasteiger partial charge < -0.3 is 5.11 Å². The maximum Gasteiger partial charge on any atom is 0.103 e. The third kappa shape index (κ3) is 7.92. The van der Waals surface area contributed by atoms with Crippen LogP contribution in [0.5, 0.6) is 5.75 Å². The Hall–Kier alpha value is -1.66. The quantitative estimate of drug-likeness (QED) is 0.207. The summed E-state index contributed by atoms with van der Waals surface area (Å²) in [4.78, 5) is 5.03. The Labute approximate surface area is 223 Å². The van der Waals surface area contributed by atoms with Gasteiger partial charge in [0, 0.05) is 19.0 Å². The van der Waals surface area contributed by atoms with Crippen LogP contribution in [0.15, 0.2) is 41.4 Å². The van der Waals surface area contributed by atoms with Crippen molar-refractivity contribution in [1.29, 1.82) is 0 Å². The van der Waals surface area contributed by atoms with Crippen molar-refractivity contribution in [2.45, 2.75) is 112 Å². The summed E-state index contributed by atoms with van der Waals surface area (Å²) in [6.07, 6.45) is 13.8. The van der Waals surface area contributed by atoms with E-state index in [2.05, 4.69) is 92.8 Å². The largest absolute Gasteiger partial charge is 0.872 e. The van der Waals surface area contributed by atoms with Gasteiger partial charge in [-0.1, -0.05) is 93.7 Å². The lowest BCUT2D eigenvalue weighted by molar-refractivity contribution is -0.271. The Balaban J connectivity index is 2.63. The number of benzene rings is 2. The average Bonchev–Trinajstić information content (AvgIpc) is 2.82. The van der Waals surface area contributed by atoms with Gasteiger partial charge in [0.05, 0.1) is 24.2 Å². The molecule has 2 nitrogen and oxygen atoms in total. The second-order valence-electron chi connectivity index (χ2n) is 12.6. The van der Waals surface area contributed by atoms with Crippen LogP contribution in [-0.2, 0) is 10.8 Å². The number of hydrogen-bond acceptors (Lipinski definition) is 2. The van der Waals surface area contributed by atoms with Crippen molar-refractivity contribution in [2.75, 3.05) is 18.5 Å². The molecule has 0 aliphatic heterocycles. The molecule has 0 radical (unpaired) electrons. The van der Waals surface area contributed by atoms with Gasteiger partial charge in [-0.2, -0.15) is 0 Å². The van der Waals surface area contributed by atoms with E-state index in [4.69, 9.17) is 4.99 Å². The van der Waals surface area contributed by atoms with E-state index in [9.17, 15) is 5.11 Å². The molecule has 0 amide bonds. The zero-order valence-corrected chi connectivity index (χ0v) is 25.6. The van der Waals surface area contributed by atoms with Gasteiger partial charge in [-0.25, -0.2) is 0 Å². The summed E-state index contributed by atoms with van der Waals surface area (Å²) in [5.74, 6) is 0.165. The van der Waals surface area contributed by atoms with E-state index in [0.717, 1.165) is 16.8 Å². The number of hydrogen-bond donors (Lipinski definition) is 0. The highest BCUT2D eigenvalue weighted by atomic mass is 31.2. The first-order valence-electron chi connectivity index (χ1n) is 14.3. The van der Waals surface area contributed by atoms with E-state index >= 15 is 0 Å². The Morgan fingerprint density at radius 2 is 1.19 bits per heavy atom. The molecule has 0 atom stereocenters. The molecule has 36 heavy (non-hydrogen) atoms. The van der Waals surface area contributed by atoms with Crippen LogP contribution in [-0.4, -0.2) is 24.7 Å². The fourth-order valence-corrected chi connectivity index (χ4v) is 10.3. The first kappa shape index (κ1) is 30.6. The highest BCUT2D eigenvalue weighted by Gasteiger charge is 2.39. The van der Waals surface area contributed by atoms with Crippen molar-refractivity contribution < 1.29 is 5.11 Å². The summed E-state index contributed by atoms with van der Waals surface area (Å²) in [7, 11) is -1.28. The summed E-state index contributed by atoms with van der Waals surface area (Å²) in [6, 6.07) is 13.1. The van der Waals surface area contributed by atoms with Crippen LogP contribution in [0.4, 0.5) is 5.69 Å². The lowest BCUT2D eigenvalue weighted by Crippen LogP contribution is -2.24. The lowest BCUT2D eigenvalue weighted by Gasteiger charge is -2.33. The molecule has 2 rings (SSSR count). The molecule has 200 valence electrons. The number of rotatable bonds is 12. The Bertz CT molecular complexity index is 937. The van der Waals surface area contributed by atoms with Gasteiger partial charge in [0.2, 0.25) is 0 Å². The van der Waals surface area contributed by atoms with Crippen LogP contribution in [0.25, 0.3) is 0 Å². The Kier molecular flexibility index (Phi) is 11.2. The van der Waals surface area contributed by atoms with Crippen molar-refractivity contribution in [3.63, 3.8) is 0 Å². The zero-order chi connectivity index (χ0) is 27.0. The van der Waals surface area contributed by atoms with Crippen molar-refractivity contribution in [2.24, 2.45) is 4.99 Å². The van der Waals surface area contributed by atoms with Gasteiger partial charge in [-0.15, -0.1) is 5.75 Å². The van der Waals surface area contributed by atoms with Gasteiger partial charge >= 0.3 is 0 Å². The van der Waals surface area contributed by atoms with E-state index in [-0.39, 0.29) is 16.6 Å². The number of unbranched alkanes of at least 4 members (excludes halogenated alkanes) is 3. The van der Waals surface area contributed by atoms with Crippen LogP contribution < -0.4 is 10.4 Å². The van der Waals surface area contributed by atoms with Crippen LogP contribution in [0.3, 0.4) is 0 Å². The molecule has 0 heterocycles. The predicted octanol–water partition coefficient (Wildman–Crippen LogP) is 9.15. The molecule has 0 saturated carbocycles. The van der Waals surface area contributed by atoms with Gasteiger partial charge in [-0.05, 0) is 65.5 Å². The standard InChI is InChI=1S/C33H52NOP/c1-10-13-20-36(21-14-11-2,22-15-12-3)30-19-17-16-18-26(30)25-34-27-23-28(32(4,5)6)31(35)29(24-27)33(7,8)9/h16-19,23-25H,10-15,20-22H2,1-9H3. The fourth-order valence-electron chi connectivity index (χ4n) is 5.05. The fraction of sp³-hybridized carbons (Fsp3) is 0.606. The first-order chi connectivity index (χ1) is 16.9. The highest BCUT2D eigenvalue weighted by Crippen LogP contribution is 2.60. The highest BCUT2D eigenvalue weighted by molar-refractivity contribution is 7.83. The van der Waals surface area contributed by atoms with Crippen LogP contribution in [0.2, 0.25) is 0 Å². The van der Waals surface area contributed by atoms with E-state index < -0.39 is 7.26 Å². The maximum absolute atomic E-state index is 13.3. The van der Waals surface area contributed by atoms with Crippen molar-refractivity contribution in [3.05, 3.63) is 53.1 Å². The summed E-state index contributed by atoms with van der Waals surface area (Å²) in [5.41, 5.74) is 3.43. The lowest BCUT2D eigenvalue weighted by atomic mass is 9.79. The van der Waals surface area contributed by atoms with Crippen molar-refractivity contribution >= 4 is 24.5 Å². The van der Waals surface area contributed by atoms with Gasteiger partial charge in [-0.3, -0.25) is 4.99 Å². The van der Waals surface area contributed by atoms with Crippen LogP contribution >= 0.6 is 7.26 Å². The second kappa shape index (κ2) is 13.2. The molecule has 0 N–H and O–H groups in total. The third-order valence-electron chi connectivity index (χ3n) is 7.31. The summed E-state index contributed by atoms with van der Waals surface area (Å²) >= 11 is 0. The van der Waals surface area contributed by atoms with Gasteiger partial charge in [0.25, 0.3) is 0 Å². The first-order valence-corrected chi connectivity index (χ1v) is 16.6. The molecule has 0 aliphatic carbocycles. The summed E-state index contributed by atoms with van der Waals surface area (Å²) in [5, 5.41) is 14.9. The SMILES string of the molecule is CCCC[P+](CCCC)(CCCC)c1ccccc1C=Nc1cc(C(C)(C)C)c([O-])c(C(C)(C)C)c1. The second-order valence-corrected chi connectivity index (χ2v) is 16.7. The van der Waals surface area contributed by atoms with E-state index in [0.29, 0.717) is 0 Å². The molecule has 3 heteroatoms. The number of nitrogens with zero attached hydrogens (tertiary/aromatic N) is 1. The van der Waals surface area contributed by atoms with Crippen molar-refractivity contribution in [1.82, 2.24) is 0 Å². The average molecular weight is 510 g/mol. The molecule has 0 spiro atoms. The van der Waals surface area contributed by atoms with E-state index in [1.54, 1.807) is 5.30 Å². The monoisotopic (exact) mass is 509 g/mol.